The zero-order chi connectivity index (χ0) is 11.7. The van der Waals surface area contributed by atoms with Crippen molar-refractivity contribution in [2.75, 3.05) is 18.2 Å². The number of hydrogen-bond donors (Lipinski definition) is 1. The van der Waals surface area contributed by atoms with E-state index in [1.807, 2.05) is 4.90 Å². The zero-order valence-electron chi connectivity index (χ0n) is 10.1. The molecule has 18 heavy (non-hydrogen) atoms. The van der Waals surface area contributed by atoms with E-state index in [0.717, 1.165) is 31.1 Å². The molecule has 1 unspecified atom stereocenters. The lowest BCUT2D eigenvalue weighted by Crippen LogP contribution is -2.46. The number of nitrogens with zero attached hydrogens (tertiary/aromatic N) is 1. The van der Waals surface area contributed by atoms with Gasteiger partial charge in [0, 0.05) is 24.7 Å². The van der Waals surface area contributed by atoms with Crippen LogP contribution in [0.4, 0.5) is 0 Å². The van der Waals surface area contributed by atoms with Crippen molar-refractivity contribution in [3.8, 4) is 0 Å². The number of fused-ring (bicyclic) bond motifs is 1. The molecule has 0 spiro atoms. The average Bonchev–Trinajstić information content (AvgIpc) is 2.91. The Kier molecular flexibility index (Phi) is 4.54. The van der Waals surface area contributed by atoms with Gasteiger partial charge in [-0.1, -0.05) is 24.3 Å². The minimum atomic E-state index is 0. The topological polar surface area (TPSA) is 32.3 Å². The smallest absolute Gasteiger partial charge is 0.240 e. The van der Waals surface area contributed by atoms with Gasteiger partial charge in [0.1, 0.15) is 0 Å². The highest BCUT2D eigenvalue weighted by Gasteiger charge is 2.29. The molecule has 1 amide bonds. The van der Waals surface area contributed by atoms with Crippen LogP contribution in [0, 0.1) is 0 Å². The number of carbonyl (C=O) groups excluding carboxylic acids is 1. The SMILES string of the molecule is Cl.O=C(C1CSCN1)N1CCc2ccccc2C1. The minimum Gasteiger partial charge on any atom is -0.337 e. The summed E-state index contributed by atoms with van der Waals surface area (Å²) in [4.78, 5) is 14.3. The number of amides is 1. The second kappa shape index (κ2) is 5.95. The van der Waals surface area contributed by atoms with Crippen LogP contribution < -0.4 is 5.32 Å². The minimum absolute atomic E-state index is 0. The van der Waals surface area contributed by atoms with Crippen LogP contribution >= 0.6 is 24.2 Å². The molecular formula is C13H17ClN2OS. The highest BCUT2D eigenvalue weighted by atomic mass is 35.5. The lowest BCUT2D eigenvalue weighted by Gasteiger charge is -2.30. The maximum atomic E-state index is 12.3. The number of thioether (sulfide) groups is 1. The third-order valence-electron chi connectivity index (χ3n) is 3.46. The summed E-state index contributed by atoms with van der Waals surface area (Å²) in [5.41, 5.74) is 2.70. The number of carbonyl (C=O) groups is 1. The highest BCUT2D eigenvalue weighted by Crippen LogP contribution is 2.20. The van der Waals surface area contributed by atoms with Crippen molar-refractivity contribution in [1.29, 1.82) is 0 Å². The second-order valence-corrected chi connectivity index (χ2v) is 5.58. The zero-order valence-corrected chi connectivity index (χ0v) is 11.7. The normalized spacial score (nSPS) is 22.2. The number of halogens is 1. The maximum absolute atomic E-state index is 12.3. The summed E-state index contributed by atoms with van der Waals surface area (Å²) >= 11 is 1.80. The summed E-state index contributed by atoms with van der Waals surface area (Å²) in [5.74, 6) is 2.09. The van der Waals surface area contributed by atoms with E-state index in [1.54, 1.807) is 11.8 Å². The fourth-order valence-electron chi connectivity index (χ4n) is 2.46. The van der Waals surface area contributed by atoms with Crippen LogP contribution in [0.25, 0.3) is 0 Å². The standard InChI is InChI=1S/C13H16N2OS.ClH/c16-13(12-8-17-9-14-12)15-6-5-10-3-1-2-4-11(10)7-15;/h1-4,12,14H,5-9H2;1H. The first-order valence-electron chi connectivity index (χ1n) is 6.01. The van der Waals surface area contributed by atoms with Gasteiger partial charge in [-0.2, -0.15) is 0 Å². The molecule has 2 aliphatic rings. The molecule has 0 aromatic heterocycles. The third-order valence-corrected chi connectivity index (χ3v) is 4.40. The quantitative estimate of drug-likeness (QED) is 0.851. The van der Waals surface area contributed by atoms with Gasteiger partial charge in [0.25, 0.3) is 0 Å². The Morgan fingerprint density at radius 1 is 1.33 bits per heavy atom. The molecule has 0 saturated carbocycles. The van der Waals surface area contributed by atoms with Crippen molar-refractivity contribution < 1.29 is 4.79 Å². The molecular weight excluding hydrogens is 268 g/mol. The van der Waals surface area contributed by atoms with Gasteiger partial charge in [-0.05, 0) is 17.5 Å². The molecule has 0 aliphatic carbocycles. The fourth-order valence-corrected chi connectivity index (χ4v) is 3.39. The Hall–Kier alpha value is -0.710. The summed E-state index contributed by atoms with van der Waals surface area (Å²) in [5, 5.41) is 3.25. The summed E-state index contributed by atoms with van der Waals surface area (Å²) in [7, 11) is 0. The van der Waals surface area contributed by atoms with Crippen LogP contribution in [0.3, 0.4) is 0 Å². The van der Waals surface area contributed by atoms with E-state index in [0.29, 0.717) is 0 Å². The van der Waals surface area contributed by atoms with Crippen LogP contribution in [0.5, 0.6) is 0 Å². The largest absolute Gasteiger partial charge is 0.337 e. The molecule has 1 N–H and O–H groups in total. The van der Waals surface area contributed by atoms with Gasteiger partial charge in [-0.3, -0.25) is 10.1 Å². The van der Waals surface area contributed by atoms with Crippen molar-refractivity contribution in [2.24, 2.45) is 0 Å². The predicted octanol–water partition coefficient (Wildman–Crippen LogP) is 1.66. The van der Waals surface area contributed by atoms with Crippen molar-refractivity contribution in [3.63, 3.8) is 0 Å². The van der Waals surface area contributed by atoms with Gasteiger partial charge in [0.2, 0.25) is 5.91 Å². The monoisotopic (exact) mass is 284 g/mol. The number of hydrogen-bond acceptors (Lipinski definition) is 3. The lowest BCUT2D eigenvalue weighted by atomic mass is 9.99. The van der Waals surface area contributed by atoms with E-state index in [9.17, 15) is 4.79 Å². The van der Waals surface area contributed by atoms with Crippen molar-refractivity contribution >= 4 is 30.1 Å². The number of benzene rings is 1. The first-order valence-corrected chi connectivity index (χ1v) is 7.17. The van der Waals surface area contributed by atoms with Crippen LogP contribution in [0.15, 0.2) is 24.3 Å². The van der Waals surface area contributed by atoms with Gasteiger partial charge in [-0.15, -0.1) is 24.2 Å². The molecule has 1 aromatic rings. The molecule has 2 aliphatic heterocycles. The Balaban J connectivity index is 0.00000120. The first-order chi connectivity index (χ1) is 8.34. The Bertz CT molecular complexity index is 435. The van der Waals surface area contributed by atoms with Gasteiger partial charge in [0.15, 0.2) is 0 Å². The van der Waals surface area contributed by atoms with Gasteiger partial charge < -0.3 is 4.90 Å². The Labute approximate surface area is 118 Å². The molecule has 1 atom stereocenters. The molecule has 3 rings (SSSR count). The molecule has 2 heterocycles. The van der Waals surface area contributed by atoms with E-state index >= 15 is 0 Å². The summed E-state index contributed by atoms with van der Waals surface area (Å²) < 4.78 is 0. The molecule has 3 nitrogen and oxygen atoms in total. The molecule has 1 fully saturated rings. The predicted molar refractivity (Wildman–Crippen MR) is 77.1 cm³/mol. The third kappa shape index (κ3) is 2.66. The number of rotatable bonds is 1. The van der Waals surface area contributed by atoms with E-state index in [2.05, 4.69) is 29.6 Å². The van der Waals surface area contributed by atoms with Crippen LogP contribution in [0.2, 0.25) is 0 Å². The fraction of sp³-hybridized carbons (Fsp3) is 0.462. The van der Waals surface area contributed by atoms with Crippen LogP contribution in [-0.2, 0) is 17.8 Å². The summed E-state index contributed by atoms with van der Waals surface area (Å²) in [6.45, 7) is 1.64. The van der Waals surface area contributed by atoms with Gasteiger partial charge >= 0.3 is 0 Å². The van der Waals surface area contributed by atoms with Crippen LogP contribution in [0.1, 0.15) is 11.1 Å². The lowest BCUT2D eigenvalue weighted by molar-refractivity contribution is -0.133. The second-order valence-electron chi connectivity index (χ2n) is 4.55. The molecule has 1 saturated heterocycles. The van der Waals surface area contributed by atoms with E-state index < -0.39 is 0 Å². The van der Waals surface area contributed by atoms with E-state index in [1.165, 1.54) is 11.1 Å². The molecule has 5 heteroatoms. The summed E-state index contributed by atoms with van der Waals surface area (Å²) in [6.07, 6.45) is 0.988. The van der Waals surface area contributed by atoms with Gasteiger partial charge in [0.05, 0.1) is 6.04 Å². The van der Waals surface area contributed by atoms with Crippen molar-refractivity contribution in [3.05, 3.63) is 35.4 Å². The molecule has 0 bridgehead atoms. The highest BCUT2D eigenvalue weighted by molar-refractivity contribution is 7.99. The first kappa shape index (κ1) is 13.7. The Morgan fingerprint density at radius 3 is 2.83 bits per heavy atom. The molecule has 98 valence electrons. The van der Waals surface area contributed by atoms with E-state index in [4.69, 9.17) is 0 Å². The van der Waals surface area contributed by atoms with Crippen LogP contribution in [-0.4, -0.2) is 35.0 Å². The summed E-state index contributed by atoms with van der Waals surface area (Å²) in [6, 6.07) is 8.46. The van der Waals surface area contributed by atoms with Gasteiger partial charge in [-0.25, -0.2) is 0 Å². The Morgan fingerprint density at radius 2 is 2.11 bits per heavy atom. The maximum Gasteiger partial charge on any atom is 0.240 e. The van der Waals surface area contributed by atoms with Crippen molar-refractivity contribution in [2.45, 2.75) is 19.0 Å². The molecule has 1 aromatic carbocycles. The number of nitrogens with one attached hydrogen (secondary N) is 1. The van der Waals surface area contributed by atoms with E-state index in [-0.39, 0.29) is 24.4 Å². The van der Waals surface area contributed by atoms with Crippen molar-refractivity contribution in [1.82, 2.24) is 10.2 Å². The average molecular weight is 285 g/mol. The molecule has 0 radical (unpaired) electrons.